The van der Waals surface area contributed by atoms with Gasteiger partial charge in [0, 0.05) is 12.4 Å². The molecule has 1 unspecified atom stereocenters. The van der Waals surface area contributed by atoms with Gasteiger partial charge in [-0.3, -0.25) is 4.68 Å². The first-order valence-corrected chi connectivity index (χ1v) is 5.92. The standard InChI is InChI=1S/C14H16N2O2/c1-2-18-14(17)13(12-8-4-3-5-9-12)15-16-10-6-7-11-16/h3-11,13,15H,2H2,1H3. The molecule has 1 heterocycles. The zero-order chi connectivity index (χ0) is 12.8. The highest BCUT2D eigenvalue weighted by Crippen LogP contribution is 2.15. The van der Waals surface area contributed by atoms with Gasteiger partial charge in [-0.1, -0.05) is 30.3 Å². The van der Waals surface area contributed by atoms with E-state index in [-0.39, 0.29) is 5.97 Å². The predicted octanol–water partition coefficient (Wildman–Crippen LogP) is 2.34. The molecule has 0 aliphatic rings. The smallest absolute Gasteiger partial charge is 0.334 e. The van der Waals surface area contributed by atoms with E-state index in [2.05, 4.69) is 5.43 Å². The van der Waals surface area contributed by atoms with Gasteiger partial charge in [0.25, 0.3) is 0 Å². The number of carbonyl (C=O) groups excluding carboxylic acids is 1. The van der Waals surface area contributed by atoms with Crippen LogP contribution >= 0.6 is 0 Å². The lowest BCUT2D eigenvalue weighted by atomic mass is 10.1. The summed E-state index contributed by atoms with van der Waals surface area (Å²) in [5.41, 5.74) is 3.98. The van der Waals surface area contributed by atoms with Gasteiger partial charge in [0.15, 0.2) is 6.04 Å². The van der Waals surface area contributed by atoms with Crippen LogP contribution in [0.15, 0.2) is 54.9 Å². The highest BCUT2D eigenvalue weighted by atomic mass is 16.5. The van der Waals surface area contributed by atoms with E-state index >= 15 is 0 Å². The van der Waals surface area contributed by atoms with Crippen LogP contribution in [-0.2, 0) is 9.53 Å². The zero-order valence-electron chi connectivity index (χ0n) is 10.2. The van der Waals surface area contributed by atoms with Crippen LogP contribution < -0.4 is 5.43 Å². The molecular weight excluding hydrogens is 228 g/mol. The second-order valence-corrected chi connectivity index (χ2v) is 3.82. The second-order valence-electron chi connectivity index (χ2n) is 3.82. The lowest BCUT2D eigenvalue weighted by Crippen LogP contribution is -2.28. The summed E-state index contributed by atoms with van der Waals surface area (Å²) in [7, 11) is 0. The van der Waals surface area contributed by atoms with Crippen molar-refractivity contribution in [2.75, 3.05) is 12.0 Å². The third kappa shape index (κ3) is 2.91. The van der Waals surface area contributed by atoms with Crippen molar-refractivity contribution in [2.45, 2.75) is 13.0 Å². The second kappa shape index (κ2) is 5.91. The van der Waals surface area contributed by atoms with Gasteiger partial charge in [-0.2, -0.15) is 0 Å². The summed E-state index contributed by atoms with van der Waals surface area (Å²) in [5, 5.41) is 0. The average molecular weight is 244 g/mol. The highest BCUT2D eigenvalue weighted by molar-refractivity contribution is 5.79. The Balaban J connectivity index is 2.20. The molecular formula is C14H16N2O2. The van der Waals surface area contributed by atoms with Crippen LogP contribution in [0.4, 0.5) is 0 Å². The molecule has 1 aromatic heterocycles. The van der Waals surface area contributed by atoms with Gasteiger partial charge in [-0.05, 0) is 24.6 Å². The Bertz CT molecular complexity index is 480. The van der Waals surface area contributed by atoms with E-state index in [1.807, 2.05) is 54.9 Å². The van der Waals surface area contributed by atoms with Crippen molar-refractivity contribution < 1.29 is 9.53 Å². The van der Waals surface area contributed by atoms with Crippen LogP contribution in [0.3, 0.4) is 0 Å². The molecule has 0 spiro atoms. The Morgan fingerprint density at radius 3 is 2.50 bits per heavy atom. The Kier molecular flexibility index (Phi) is 4.02. The number of nitrogens with zero attached hydrogens (tertiary/aromatic N) is 1. The van der Waals surface area contributed by atoms with E-state index < -0.39 is 6.04 Å². The quantitative estimate of drug-likeness (QED) is 0.821. The first-order chi connectivity index (χ1) is 8.81. The van der Waals surface area contributed by atoms with E-state index in [0.717, 1.165) is 5.56 Å². The minimum Gasteiger partial charge on any atom is -0.464 e. The SMILES string of the molecule is CCOC(=O)C(Nn1cccc1)c1ccccc1. The normalized spacial score (nSPS) is 11.8. The minimum atomic E-state index is -0.501. The number of hydrogen-bond acceptors (Lipinski definition) is 3. The molecule has 1 aromatic carbocycles. The molecule has 1 atom stereocenters. The summed E-state index contributed by atoms with van der Waals surface area (Å²) < 4.78 is 6.84. The first kappa shape index (κ1) is 12.2. The molecule has 18 heavy (non-hydrogen) atoms. The molecule has 0 radical (unpaired) electrons. The van der Waals surface area contributed by atoms with Gasteiger partial charge in [0.1, 0.15) is 0 Å². The fourth-order valence-corrected chi connectivity index (χ4v) is 1.70. The highest BCUT2D eigenvalue weighted by Gasteiger charge is 2.21. The van der Waals surface area contributed by atoms with Crippen LogP contribution in [-0.4, -0.2) is 17.3 Å². The number of carbonyl (C=O) groups is 1. The molecule has 0 aliphatic heterocycles. The molecule has 0 amide bonds. The van der Waals surface area contributed by atoms with Crippen molar-refractivity contribution in [1.82, 2.24) is 4.68 Å². The van der Waals surface area contributed by atoms with Gasteiger partial charge in [-0.25, -0.2) is 4.79 Å². The fraction of sp³-hybridized carbons (Fsp3) is 0.214. The summed E-state index contributed by atoms with van der Waals surface area (Å²) in [6, 6.07) is 12.8. The van der Waals surface area contributed by atoms with Crippen LogP contribution in [0.25, 0.3) is 0 Å². The predicted molar refractivity (Wildman–Crippen MR) is 69.6 cm³/mol. The van der Waals surface area contributed by atoms with E-state index in [9.17, 15) is 4.79 Å². The fourth-order valence-electron chi connectivity index (χ4n) is 1.70. The van der Waals surface area contributed by atoms with Crippen molar-refractivity contribution in [3.05, 3.63) is 60.4 Å². The molecule has 0 saturated carbocycles. The van der Waals surface area contributed by atoms with Gasteiger partial charge >= 0.3 is 5.97 Å². The molecule has 2 aromatic rings. The monoisotopic (exact) mass is 244 g/mol. The van der Waals surface area contributed by atoms with Crippen molar-refractivity contribution >= 4 is 5.97 Å². The third-order valence-electron chi connectivity index (χ3n) is 2.54. The van der Waals surface area contributed by atoms with Crippen molar-refractivity contribution in [3.8, 4) is 0 Å². The van der Waals surface area contributed by atoms with E-state index in [4.69, 9.17) is 4.74 Å². The van der Waals surface area contributed by atoms with Crippen LogP contribution in [0.2, 0.25) is 0 Å². The number of hydrogen-bond donors (Lipinski definition) is 1. The number of rotatable bonds is 5. The maximum Gasteiger partial charge on any atom is 0.334 e. The van der Waals surface area contributed by atoms with Crippen LogP contribution in [0, 0.1) is 0 Å². The van der Waals surface area contributed by atoms with Crippen molar-refractivity contribution in [1.29, 1.82) is 0 Å². The van der Waals surface area contributed by atoms with Crippen LogP contribution in [0.1, 0.15) is 18.5 Å². The van der Waals surface area contributed by atoms with Crippen molar-refractivity contribution in [3.63, 3.8) is 0 Å². The summed E-state index contributed by atoms with van der Waals surface area (Å²) in [5.74, 6) is -0.280. The molecule has 0 fully saturated rings. The molecule has 0 aliphatic carbocycles. The maximum atomic E-state index is 12.0. The summed E-state index contributed by atoms with van der Waals surface area (Å²) in [6.07, 6.45) is 3.68. The Morgan fingerprint density at radius 1 is 1.22 bits per heavy atom. The lowest BCUT2D eigenvalue weighted by molar-refractivity contribution is -0.144. The molecule has 4 heteroatoms. The van der Waals surface area contributed by atoms with E-state index in [1.54, 1.807) is 11.6 Å². The number of aromatic nitrogens is 1. The number of benzene rings is 1. The average Bonchev–Trinajstić information content (AvgIpc) is 2.90. The zero-order valence-corrected chi connectivity index (χ0v) is 10.2. The topological polar surface area (TPSA) is 43.3 Å². The molecule has 1 N–H and O–H groups in total. The minimum absolute atomic E-state index is 0.280. The van der Waals surface area contributed by atoms with E-state index in [1.165, 1.54) is 0 Å². The van der Waals surface area contributed by atoms with Crippen LogP contribution in [0.5, 0.6) is 0 Å². The summed E-state index contributed by atoms with van der Waals surface area (Å²) in [4.78, 5) is 12.0. The number of nitrogens with one attached hydrogen (secondary N) is 1. The van der Waals surface area contributed by atoms with Crippen molar-refractivity contribution in [2.24, 2.45) is 0 Å². The van der Waals surface area contributed by atoms with Gasteiger partial charge in [0.05, 0.1) is 6.61 Å². The largest absolute Gasteiger partial charge is 0.464 e. The summed E-state index contributed by atoms with van der Waals surface area (Å²) in [6.45, 7) is 2.17. The summed E-state index contributed by atoms with van der Waals surface area (Å²) >= 11 is 0. The number of ether oxygens (including phenoxy) is 1. The molecule has 94 valence electrons. The van der Waals surface area contributed by atoms with Gasteiger partial charge in [0.2, 0.25) is 0 Å². The maximum absolute atomic E-state index is 12.0. The number of esters is 1. The molecule has 2 rings (SSSR count). The Hall–Kier alpha value is -2.23. The molecule has 0 bridgehead atoms. The Morgan fingerprint density at radius 2 is 1.89 bits per heavy atom. The molecule has 0 saturated heterocycles. The van der Waals surface area contributed by atoms with Gasteiger partial charge in [-0.15, -0.1) is 0 Å². The lowest BCUT2D eigenvalue weighted by Gasteiger charge is -2.19. The third-order valence-corrected chi connectivity index (χ3v) is 2.54. The van der Waals surface area contributed by atoms with Gasteiger partial charge < -0.3 is 10.2 Å². The first-order valence-electron chi connectivity index (χ1n) is 5.92. The van der Waals surface area contributed by atoms with E-state index in [0.29, 0.717) is 6.61 Å². The Labute approximate surface area is 106 Å². The molecule has 4 nitrogen and oxygen atoms in total.